The molecule has 0 N–H and O–H groups in total. The van der Waals surface area contributed by atoms with Gasteiger partial charge in [0, 0.05) is 30.2 Å². The fraction of sp³-hybridized carbons (Fsp3) is 0.174. The van der Waals surface area contributed by atoms with Gasteiger partial charge in [0.2, 0.25) is 0 Å². The first-order chi connectivity index (χ1) is 15.3. The van der Waals surface area contributed by atoms with Crippen molar-refractivity contribution in [3.8, 4) is 5.75 Å². The minimum Gasteiger partial charge on any atom is -0.383 e. The molecule has 0 aliphatic carbocycles. The van der Waals surface area contributed by atoms with Gasteiger partial charge in [0.1, 0.15) is 16.5 Å². The van der Waals surface area contributed by atoms with Crippen molar-refractivity contribution in [3.63, 3.8) is 0 Å². The molecule has 0 spiro atoms. The van der Waals surface area contributed by atoms with Gasteiger partial charge in [-0.3, -0.25) is 4.79 Å². The molecule has 0 aliphatic rings. The van der Waals surface area contributed by atoms with E-state index < -0.39 is 15.9 Å². The Balaban J connectivity index is 1.73. The molecule has 3 rings (SSSR count). The van der Waals surface area contributed by atoms with Gasteiger partial charge in [-0.2, -0.15) is 8.42 Å². The first-order valence-electron chi connectivity index (χ1n) is 9.61. The minimum atomic E-state index is -4.08. The standard InChI is InChI=1S/C23H21BrFNO5S/c1-30-14-13-26(23(27)18-3-2-4-19(24)15-18)16-17-5-9-21(10-6-17)31-32(28,29)22-11-7-20(25)8-12-22/h2-12,15H,13-14,16H2,1H3. The van der Waals surface area contributed by atoms with Crippen molar-refractivity contribution in [2.45, 2.75) is 11.4 Å². The maximum Gasteiger partial charge on any atom is 0.339 e. The number of carbonyl (C=O) groups is 1. The highest BCUT2D eigenvalue weighted by Crippen LogP contribution is 2.21. The molecule has 9 heteroatoms. The van der Waals surface area contributed by atoms with Crippen LogP contribution in [-0.4, -0.2) is 39.5 Å². The number of ether oxygens (including phenoxy) is 1. The van der Waals surface area contributed by atoms with Crippen LogP contribution in [0, 0.1) is 5.82 Å². The number of hydrogen-bond donors (Lipinski definition) is 0. The van der Waals surface area contributed by atoms with Gasteiger partial charge in [0.25, 0.3) is 5.91 Å². The van der Waals surface area contributed by atoms with E-state index >= 15 is 0 Å². The van der Waals surface area contributed by atoms with E-state index in [4.69, 9.17) is 8.92 Å². The molecular weight excluding hydrogens is 501 g/mol. The molecule has 0 bridgehead atoms. The van der Waals surface area contributed by atoms with Crippen LogP contribution in [-0.2, 0) is 21.4 Å². The number of halogens is 2. The Labute approximate surface area is 194 Å². The van der Waals surface area contributed by atoms with E-state index in [0.717, 1.165) is 34.3 Å². The summed E-state index contributed by atoms with van der Waals surface area (Å²) >= 11 is 3.37. The Hall–Kier alpha value is -2.75. The number of rotatable bonds is 9. The summed E-state index contributed by atoms with van der Waals surface area (Å²) in [4.78, 5) is 14.5. The van der Waals surface area contributed by atoms with Gasteiger partial charge in [-0.15, -0.1) is 0 Å². The lowest BCUT2D eigenvalue weighted by molar-refractivity contribution is 0.0680. The second-order valence-electron chi connectivity index (χ2n) is 6.87. The lowest BCUT2D eigenvalue weighted by atomic mass is 10.1. The summed E-state index contributed by atoms with van der Waals surface area (Å²) < 4.78 is 48.8. The molecule has 0 atom stereocenters. The molecule has 3 aromatic rings. The van der Waals surface area contributed by atoms with Gasteiger partial charge in [-0.25, -0.2) is 4.39 Å². The van der Waals surface area contributed by atoms with Crippen LogP contribution < -0.4 is 4.18 Å². The van der Waals surface area contributed by atoms with Crippen molar-refractivity contribution < 1.29 is 26.5 Å². The molecule has 0 aliphatic heterocycles. The van der Waals surface area contributed by atoms with Crippen molar-refractivity contribution in [1.29, 1.82) is 0 Å². The Morgan fingerprint density at radius 2 is 1.72 bits per heavy atom. The average molecular weight is 522 g/mol. The zero-order chi connectivity index (χ0) is 23.1. The third-order valence-corrected chi connectivity index (χ3v) is 6.28. The Morgan fingerprint density at radius 1 is 1.03 bits per heavy atom. The molecule has 0 fully saturated rings. The summed E-state index contributed by atoms with van der Waals surface area (Å²) in [5.74, 6) is -0.578. The van der Waals surface area contributed by atoms with Crippen LogP contribution in [0.5, 0.6) is 5.75 Å². The average Bonchev–Trinajstić information content (AvgIpc) is 2.77. The molecule has 1 amide bonds. The third-order valence-electron chi connectivity index (χ3n) is 4.53. The molecule has 0 unspecified atom stereocenters. The number of carbonyl (C=O) groups excluding carboxylic acids is 1. The first kappa shape index (κ1) is 23.9. The topological polar surface area (TPSA) is 72.9 Å². The highest BCUT2D eigenvalue weighted by Gasteiger charge is 2.18. The molecule has 0 saturated heterocycles. The molecule has 0 saturated carbocycles. The highest BCUT2D eigenvalue weighted by atomic mass is 79.9. The number of methoxy groups -OCH3 is 1. The quantitative estimate of drug-likeness (QED) is 0.383. The van der Waals surface area contributed by atoms with Gasteiger partial charge in [0.15, 0.2) is 0 Å². The van der Waals surface area contributed by atoms with Crippen molar-refractivity contribution in [2.24, 2.45) is 0 Å². The summed E-state index contributed by atoms with van der Waals surface area (Å²) in [5, 5.41) is 0. The normalized spacial score (nSPS) is 11.2. The summed E-state index contributed by atoms with van der Waals surface area (Å²) in [7, 11) is -2.52. The van der Waals surface area contributed by atoms with Crippen LogP contribution in [0.2, 0.25) is 0 Å². The van der Waals surface area contributed by atoms with Crippen LogP contribution in [0.4, 0.5) is 4.39 Å². The van der Waals surface area contributed by atoms with Crippen LogP contribution in [0.1, 0.15) is 15.9 Å². The van der Waals surface area contributed by atoms with E-state index in [2.05, 4.69) is 15.9 Å². The lowest BCUT2D eigenvalue weighted by Gasteiger charge is -2.23. The van der Waals surface area contributed by atoms with E-state index in [9.17, 15) is 17.6 Å². The first-order valence-corrected chi connectivity index (χ1v) is 11.8. The molecule has 0 radical (unpaired) electrons. The molecular formula is C23H21BrFNO5S. The zero-order valence-corrected chi connectivity index (χ0v) is 19.6. The maximum atomic E-state index is 13.0. The Kier molecular flexibility index (Phi) is 8.00. The summed E-state index contributed by atoms with van der Waals surface area (Å²) in [6.45, 7) is 1.07. The van der Waals surface area contributed by atoms with Gasteiger partial charge in [-0.1, -0.05) is 34.1 Å². The lowest BCUT2D eigenvalue weighted by Crippen LogP contribution is -2.33. The van der Waals surface area contributed by atoms with Crippen molar-refractivity contribution in [3.05, 3.63) is 94.2 Å². The Bertz CT molecular complexity index is 1170. The van der Waals surface area contributed by atoms with Crippen LogP contribution in [0.3, 0.4) is 0 Å². The van der Waals surface area contributed by atoms with Crippen LogP contribution >= 0.6 is 15.9 Å². The van der Waals surface area contributed by atoms with Crippen molar-refractivity contribution in [2.75, 3.05) is 20.3 Å². The predicted octanol–water partition coefficient (Wildman–Crippen LogP) is 4.64. The molecule has 3 aromatic carbocycles. The fourth-order valence-electron chi connectivity index (χ4n) is 2.90. The summed E-state index contributed by atoms with van der Waals surface area (Å²) in [6, 6.07) is 17.9. The third kappa shape index (κ3) is 6.38. The summed E-state index contributed by atoms with van der Waals surface area (Å²) in [6.07, 6.45) is 0. The molecule has 0 heterocycles. The Morgan fingerprint density at radius 3 is 2.34 bits per heavy atom. The minimum absolute atomic E-state index is 0.111. The molecule has 32 heavy (non-hydrogen) atoms. The maximum absolute atomic E-state index is 13.0. The van der Waals surface area contributed by atoms with Crippen LogP contribution in [0.15, 0.2) is 82.2 Å². The van der Waals surface area contributed by atoms with Crippen molar-refractivity contribution >= 4 is 32.0 Å². The van der Waals surface area contributed by atoms with Gasteiger partial charge in [-0.05, 0) is 60.2 Å². The molecule has 6 nitrogen and oxygen atoms in total. The predicted molar refractivity (Wildman–Crippen MR) is 121 cm³/mol. The van der Waals surface area contributed by atoms with E-state index in [1.54, 1.807) is 42.3 Å². The molecule has 168 valence electrons. The van der Waals surface area contributed by atoms with E-state index in [-0.39, 0.29) is 16.6 Å². The number of hydrogen-bond acceptors (Lipinski definition) is 5. The van der Waals surface area contributed by atoms with Gasteiger partial charge in [0.05, 0.1) is 6.61 Å². The number of amides is 1. The second-order valence-corrected chi connectivity index (χ2v) is 9.33. The van der Waals surface area contributed by atoms with E-state index in [0.29, 0.717) is 25.3 Å². The SMILES string of the molecule is COCCN(Cc1ccc(OS(=O)(=O)c2ccc(F)cc2)cc1)C(=O)c1cccc(Br)c1. The fourth-order valence-corrected chi connectivity index (χ4v) is 4.23. The van der Waals surface area contributed by atoms with Crippen LogP contribution in [0.25, 0.3) is 0 Å². The van der Waals surface area contributed by atoms with E-state index in [1.165, 1.54) is 12.1 Å². The zero-order valence-electron chi connectivity index (χ0n) is 17.2. The second kappa shape index (κ2) is 10.7. The largest absolute Gasteiger partial charge is 0.383 e. The monoisotopic (exact) mass is 521 g/mol. The van der Waals surface area contributed by atoms with E-state index in [1.807, 2.05) is 6.07 Å². The molecule has 0 aromatic heterocycles. The summed E-state index contributed by atoms with van der Waals surface area (Å²) in [5.41, 5.74) is 1.33. The van der Waals surface area contributed by atoms with Gasteiger partial charge >= 0.3 is 10.1 Å². The number of nitrogens with zero attached hydrogens (tertiary/aromatic N) is 1. The van der Waals surface area contributed by atoms with Crippen molar-refractivity contribution in [1.82, 2.24) is 4.90 Å². The highest BCUT2D eigenvalue weighted by molar-refractivity contribution is 9.10. The number of benzene rings is 3. The smallest absolute Gasteiger partial charge is 0.339 e. The van der Waals surface area contributed by atoms with Gasteiger partial charge < -0.3 is 13.8 Å².